The van der Waals surface area contributed by atoms with E-state index >= 15 is 0 Å². The van der Waals surface area contributed by atoms with Crippen LogP contribution in [0.4, 0.5) is 0 Å². The SMILES string of the molecule is CCNCC1CCCCN(C)C1c1cc(Br)ccc1Cl. The third-order valence-corrected chi connectivity index (χ3v) is 5.03. The zero-order valence-corrected chi connectivity index (χ0v) is 14.7. The molecule has 1 aromatic carbocycles. The molecule has 0 spiro atoms. The minimum absolute atomic E-state index is 0.404. The average Bonchev–Trinajstić information content (AvgIpc) is 2.61. The Hall–Kier alpha value is -0.0900. The third-order valence-electron chi connectivity index (χ3n) is 4.19. The van der Waals surface area contributed by atoms with Crippen molar-refractivity contribution >= 4 is 27.5 Å². The van der Waals surface area contributed by atoms with E-state index in [1.165, 1.54) is 24.8 Å². The molecule has 1 aromatic rings. The van der Waals surface area contributed by atoms with Crippen molar-refractivity contribution in [2.24, 2.45) is 5.92 Å². The van der Waals surface area contributed by atoms with Gasteiger partial charge in [0.25, 0.3) is 0 Å². The van der Waals surface area contributed by atoms with Crippen molar-refractivity contribution in [2.45, 2.75) is 32.2 Å². The maximum absolute atomic E-state index is 6.48. The van der Waals surface area contributed by atoms with Gasteiger partial charge in [-0.3, -0.25) is 4.90 Å². The van der Waals surface area contributed by atoms with Crippen molar-refractivity contribution in [1.29, 1.82) is 0 Å². The predicted molar refractivity (Wildman–Crippen MR) is 90.4 cm³/mol. The van der Waals surface area contributed by atoms with E-state index < -0.39 is 0 Å². The van der Waals surface area contributed by atoms with Gasteiger partial charge in [-0.1, -0.05) is 40.9 Å². The summed E-state index contributed by atoms with van der Waals surface area (Å²) in [6.45, 7) is 5.41. The summed E-state index contributed by atoms with van der Waals surface area (Å²) in [5.41, 5.74) is 1.26. The highest BCUT2D eigenvalue weighted by molar-refractivity contribution is 9.10. The molecule has 0 radical (unpaired) electrons. The van der Waals surface area contributed by atoms with Crippen molar-refractivity contribution in [3.05, 3.63) is 33.3 Å². The van der Waals surface area contributed by atoms with Crippen molar-refractivity contribution in [1.82, 2.24) is 10.2 Å². The van der Waals surface area contributed by atoms with Gasteiger partial charge in [0.15, 0.2) is 0 Å². The molecule has 2 atom stereocenters. The monoisotopic (exact) mass is 358 g/mol. The quantitative estimate of drug-likeness (QED) is 0.852. The van der Waals surface area contributed by atoms with Crippen LogP contribution >= 0.6 is 27.5 Å². The Labute approximate surface area is 136 Å². The highest BCUT2D eigenvalue weighted by Crippen LogP contribution is 2.38. The number of hydrogen-bond donors (Lipinski definition) is 1. The first-order chi connectivity index (χ1) is 9.63. The topological polar surface area (TPSA) is 15.3 Å². The summed E-state index contributed by atoms with van der Waals surface area (Å²) in [6, 6.07) is 6.61. The van der Waals surface area contributed by atoms with E-state index in [4.69, 9.17) is 11.6 Å². The van der Waals surface area contributed by atoms with E-state index in [1.54, 1.807) is 0 Å². The van der Waals surface area contributed by atoms with E-state index in [-0.39, 0.29) is 0 Å². The van der Waals surface area contributed by atoms with Crippen molar-refractivity contribution < 1.29 is 0 Å². The summed E-state index contributed by atoms with van der Waals surface area (Å²) in [6.07, 6.45) is 3.86. The zero-order valence-electron chi connectivity index (χ0n) is 12.3. The fraction of sp³-hybridized carbons (Fsp3) is 0.625. The number of nitrogens with one attached hydrogen (secondary N) is 1. The van der Waals surface area contributed by atoms with Gasteiger partial charge < -0.3 is 5.32 Å². The van der Waals surface area contributed by atoms with Gasteiger partial charge in [0.05, 0.1) is 0 Å². The van der Waals surface area contributed by atoms with Crippen LogP contribution in [0.1, 0.15) is 37.8 Å². The number of likely N-dealkylation sites (tertiary alicyclic amines) is 1. The number of rotatable bonds is 4. The smallest absolute Gasteiger partial charge is 0.0454 e. The van der Waals surface area contributed by atoms with Crippen molar-refractivity contribution in [3.63, 3.8) is 0 Å². The molecule has 4 heteroatoms. The Morgan fingerprint density at radius 3 is 2.95 bits per heavy atom. The Morgan fingerprint density at radius 2 is 2.20 bits per heavy atom. The summed E-state index contributed by atoms with van der Waals surface area (Å²) in [4.78, 5) is 2.47. The van der Waals surface area contributed by atoms with Crippen LogP contribution in [0.2, 0.25) is 5.02 Å². The molecule has 2 rings (SSSR count). The van der Waals surface area contributed by atoms with E-state index in [0.29, 0.717) is 12.0 Å². The number of hydrogen-bond acceptors (Lipinski definition) is 2. The molecule has 1 saturated heterocycles. The van der Waals surface area contributed by atoms with E-state index in [0.717, 1.165) is 29.1 Å². The highest BCUT2D eigenvalue weighted by Gasteiger charge is 2.30. The molecular formula is C16H24BrClN2. The first-order valence-electron chi connectivity index (χ1n) is 7.49. The first-order valence-corrected chi connectivity index (χ1v) is 8.66. The lowest BCUT2D eigenvalue weighted by atomic mass is 9.89. The standard InChI is InChI=1S/C16H24BrClN2/c1-3-19-11-12-6-4-5-9-20(2)16(12)14-10-13(17)7-8-15(14)18/h7-8,10,12,16,19H,3-6,9,11H2,1-2H3. The van der Waals surface area contributed by atoms with Gasteiger partial charge in [-0.2, -0.15) is 0 Å². The maximum atomic E-state index is 6.48. The normalized spacial score (nSPS) is 24.6. The second kappa shape index (κ2) is 7.79. The summed E-state index contributed by atoms with van der Waals surface area (Å²) < 4.78 is 1.11. The lowest BCUT2D eigenvalue weighted by Gasteiger charge is -2.33. The Bertz CT molecular complexity index is 438. The fourth-order valence-corrected chi connectivity index (χ4v) is 3.81. The summed E-state index contributed by atoms with van der Waals surface area (Å²) in [7, 11) is 2.23. The molecule has 1 aliphatic heterocycles. The highest BCUT2D eigenvalue weighted by atomic mass is 79.9. The third kappa shape index (κ3) is 3.97. The van der Waals surface area contributed by atoms with Crippen molar-refractivity contribution in [3.8, 4) is 0 Å². The molecule has 2 unspecified atom stereocenters. The van der Waals surface area contributed by atoms with Crippen LogP contribution < -0.4 is 5.32 Å². The molecule has 112 valence electrons. The van der Waals surface area contributed by atoms with Gasteiger partial charge in [-0.15, -0.1) is 0 Å². The lowest BCUT2D eigenvalue weighted by Crippen LogP contribution is -2.35. The van der Waals surface area contributed by atoms with Gasteiger partial charge >= 0.3 is 0 Å². The van der Waals surface area contributed by atoms with Crippen LogP contribution in [0.3, 0.4) is 0 Å². The van der Waals surface area contributed by atoms with Crippen LogP contribution in [0.25, 0.3) is 0 Å². The molecule has 0 aromatic heterocycles. The molecule has 0 aliphatic carbocycles. The van der Waals surface area contributed by atoms with Gasteiger partial charge in [0.2, 0.25) is 0 Å². The minimum Gasteiger partial charge on any atom is -0.317 e. The van der Waals surface area contributed by atoms with E-state index in [9.17, 15) is 0 Å². The average molecular weight is 360 g/mol. The largest absolute Gasteiger partial charge is 0.317 e. The molecule has 0 bridgehead atoms. The van der Waals surface area contributed by atoms with Crippen LogP contribution in [0.15, 0.2) is 22.7 Å². The van der Waals surface area contributed by atoms with Gasteiger partial charge in [0.1, 0.15) is 0 Å². The lowest BCUT2D eigenvalue weighted by molar-refractivity contribution is 0.189. The van der Waals surface area contributed by atoms with Gasteiger partial charge in [-0.25, -0.2) is 0 Å². The van der Waals surface area contributed by atoms with Gasteiger partial charge in [0, 0.05) is 15.5 Å². The molecule has 1 N–H and O–H groups in total. The zero-order chi connectivity index (χ0) is 14.5. The number of benzene rings is 1. The predicted octanol–water partition coefficient (Wildman–Crippen LogP) is 4.49. The van der Waals surface area contributed by atoms with Crippen LogP contribution in [-0.4, -0.2) is 31.6 Å². The van der Waals surface area contributed by atoms with Crippen LogP contribution in [0, 0.1) is 5.92 Å². The molecule has 2 nitrogen and oxygen atoms in total. The Morgan fingerprint density at radius 1 is 1.40 bits per heavy atom. The molecule has 0 amide bonds. The second-order valence-electron chi connectivity index (χ2n) is 5.65. The summed E-state index contributed by atoms with van der Waals surface area (Å²) in [5.74, 6) is 0.620. The first kappa shape index (κ1) is 16.3. The number of halogens is 2. The summed E-state index contributed by atoms with van der Waals surface area (Å²) in [5, 5.41) is 4.40. The maximum Gasteiger partial charge on any atom is 0.0454 e. The summed E-state index contributed by atoms with van der Waals surface area (Å²) >= 11 is 10.1. The minimum atomic E-state index is 0.404. The molecular weight excluding hydrogens is 336 g/mol. The Kier molecular flexibility index (Phi) is 6.34. The second-order valence-corrected chi connectivity index (χ2v) is 6.98. The molecule has 1 aliphatic rings. The van der Waals surface area contributed by atoms with E-state index in [2.05, 4.69) is 46.2 Å². The van der Waals surface area contributed by atoms with Gasteiger partial charge in [-0.05, 0) is 69.2 Å². The fourth-order valence-electron chi connectivity index (χ4n) is 3.20. The van der Waals surface area contributed by atoms with Crippen LogP contribution in [0.5, 0.6) is 0 Å². The number of nitrogens with zero attached hydrogens (tertiary/aromatic N) is 1. The molecule has 1 heterocycles. The van der Waals surface area contributed by atoms with Crippen molar-refractivity contribution in [2.75, 3.05) is 26.7 Å². The van der Waals surface area contributed by atoms with Crippen LogP contribution in [-0.2, 0) is 0 Å². The molecule has 0 saturated carbocycles. The Balaban J connectivity index is 2.31. The molecule has 1 fully saturated rings. The van der Waals surface area contributed by atoms with E-state index in [1.807, 2.05) is 12.1 Å². The molecule has 20 heavy (non-hydrogen) atoms.